The fourth-order valence-corrected chi connectivity index (χ4v) is 3.10. The predicted molar refractivity (Wildman–Crippen MR) is 162 cm³/mol. The third-order valence-electron chi connectivity index (χ3n) is 5.13. The van der Waals surface area contributed by atoms with Gasteiger partial charge in [-0.3, -0.25) is 4.79 Å². The molecule has 0 rings (SSSR count). The van der Waals surface area contributed by atoms with E-state index in [1.54, 1.807) is 6.08 Å². The van der Waals surface area contributed by atoms with Crippen LogP contribution < -0.4 is 0 Å². The molecule has 0 aromatic heterocycles. The maximum atomic E-state index is 10.0. The van der Waals surface area contributed by atoms with Crippen molar-refractivity contribution in [3.8, 4) is 0 Å². The molecule has 37 heavy (non-hydrogen) atoms. The van der Waals surface area contributed by atoms with Gasteiger partial charge in [0, 0.05) is 26.1 Å². The van der Waals surface area contributed by atoms with Crippen LogP contribution in [0.2, 0.25) is 0 Å². The van der Waals surface area contributed by atoms with Crippen molar-refractivity contribution in [2.75, 3.05) is 13.2 Å². The van der Waals surface area contributed by atoms with Gasteiger partial charge >= 0.3 is 0 Å². The molecule has 0 unspecified atom stereocenters. The first-order chi connectivity index (χ1) is 17.6. The Hall–Kier alpha value is -2.30. The van der Waals surface area contributed by atoms with Crippen molar-refractivity contribution in [3.05, 3.63) is 72.9 Å². The van der Waals surface area contributed by atoms with Crippen LogP contribution in [0.1, 0.15) is 105 Å². The molecule has 0 aliphatic heterocycles. The number of hydrogen-bond donors (Lipinski definition) is 0. The van der Waals surface area contributed by atoms with E-state index in [9.17, 15) is 9.59 Å². The Balaban J connectivity index is -0.000000487. The third-order valence-corrected chi connectivity index (χ3v) is 5.13. The molecule has 0 fully saturated rings. The summed E-state index contributed by atoms with van der Waals surface area (Å²) in [7, 11) is 0. The van der Waals surface area contributed by atoms with Gasteiger partial charge < -0.3 is 14.3 Å². The standard InChI is InChI=1S/C14H26O2.C10H16O.C9H14O/c1-6-15-14(16-7-2)11-13(5)10-8-9-12(3)4;1-9(2)5-4-6-10(3)7-8-11;1-3-4-5-6-9(2)7-8-10/h14H,3,5-11H2,1-2,4H3;7-8H,1,4-6H2,2-3H3;3,8H,1-2,4-7H2/b;10-7+;. The summed E-state index contributed by atoms with van der Waals surface area (Å²) in [5, 5.41) is 0. The number of allylic oxidation sites excluding steroid dienone is 6. The van der Waals surface area contributed by atoms with E-state index in [2.05, 4.69) is 39.8 Å². The summed E-state index contributed by atoms with van der Waals surface area (Å²) < 4.78 is 11.0. The fourth-order valence-electron chi connectivity index (χ4n) is 3.10. The SMILES string of the molecule is C=C(C)CCC/C(C)=C/C=O.C=C(C)CCCC(=C)CC(OCC)OCC.C=CCCCC(=C)CC=O. The van der Waals surface area contributed by atoms with Gasteiger partial charge in [0.15, 0.2) is 6.29 Å². The molecule has 0 saturated heterocycles. The van der Waals surface area contributed by atoms with Gasteiger partial charge in [0.05, 0.1) is 0 Å². The van der Waals surface area contributed by atoms with Gasteiger partial charge in [0.25, 0.3) is 0 Å². The summed E-state index contributed by atoms with van der Waals surface area (Å²) in [4.78, 5) is 20.0. The first-order valence-electron chi connectivity index (χ1n) is 13.6. The number of ether oxygens (including phenoxy) is 2. The van der Waals surface area contributed by atoms with Crippen molar-refractivity contribution in [2.24, 2.45) is 0 Å². The Labute approximate surface area is 229 Å². The van der Waals surface area contributed by atoms with Gasteiger partial charge in [-0.1, -0.05) is 47.1 Å². The summed E-state index contributed by atoms with van der Waals surface area (Å²) >= 11 is 0. The maximum Gasteiger partial charge on any atom is 0.161 e. The highest BCUT2D eigenvalue weighted by Crippen LogP contribution is 2.16. The van der Waals surface area contributed by atoms with Gasteiger partial charge in [-0.2, -0.15) is 0 Å². The van der Waals surface area contributed by atoms with E-state index < -0.39 is 0 Å². The van der Waals surface area contributed by atoms with Crippen molar-refractivity contribution >= 4 is 12.6 Å². The molecule has 0 amide bonds. The zero-order valence-corrected chi connectivity index (χ0v) is 24.7. The normalized spacial score (nSPS) is 10.4. The molecule has 0 heterocycles. The van der Waals surface area contributed by atoms with E-state index in [0.717, 1.165) is 87.9 Å². The zero-order chi connectivity index (χ0) is 28.9. The molecule has 0 aliphatic carbocycles. The molecule has 4 nitrogen and oxygen atoms in total. The minimum Gasteiger partial charge on any atom is -0.353 e. The molecule has 0 aliphatic rings. The number of carbonyl (C=O) groups excluding carboxylic acids is 2. The number of hydrogen-bond acceptors (Lipinski definition) is 4. The molecule has 0 radical (unpaired) electrons. The maximum absolute atomic E-state index is 10.0. The lowest BCUT2D eigenvalue weighted by molar-refractivity contribution is -0.134. The zero-order valence-electron chi connectivity index (χ0n) is 24.7. The Kier molecular flexibility index (Phi) is 31.7. The Bertz CT molecular complexity index is 678. The number of rotatable bonds is 21. The van der Waals surface area contributed by atoms with Crippen LogP contribution in [0.4, 0.5) is 0 Å². The quantitative estimate of drug-likeness (QED) is 0.0501. The second kappa shape index (κ2) is 29.9. The molecule has 212 valence electrons. The van der Waals surface area contributed by atoms with Gasteiger partial charge in [0.2, 0.25) is 0 Å². The van der Waals surface area contributed by atoms with E-state index in [1.807, 2.05) is 33.8 Å². The summed E-state index contributed by atoms with van der Waals surface area (Å²) in [6, 6.07) is 0. The molecule has 0 N–H and O–H groups in total. The molecule has 0 aromatic rings. The van der Waals surface area contributed by atoms with Crippen molar-refractivity contribution < 1.29 is 19.1 Å². The minimum absolute atomic E-state index is 0.118. The molecular formula is C33H56O4. The van der Waals surface area contributed by atoms with Crippen LogP contribution in [0, 0.1) is 0 Å². The Morgan fingerprint density at radius 1 is 0.757 bits per heavy atom. The van der Waals surface area contributed by atoms with Gasteiger partial charge in [-0.15, -0.1) is 19.7 Å². The monoisotopic (exact) mass is 516 g/mol. The van der Waals surface area contributed by atoms with E-state index >= 15 is 0 Å². The van der Waals surface area contributed by atoms with Gasteiger partial charge in [0.1, 0.15) is 12.6 Å². The number of aldehydes is 2. The van der Waals surface area contributed by atoms with Crippen molar-refractivity contribution in [1.82, 2.24) is 0 Å². The topological polar surface area (TPSA) is 52.6 Å². The first-order valence-corrected chi connectivity index (χ1v) is 13.6. The average molecular weight is 517 g/mol. The minimum atomic E-state index is -0.118. The Morgan fingerprint density at radius 2 is 1.27 bits per heavy atom. The molecular weight excluding hydrogens is 460 g/mol. The van der Waals surface area contributed by atoms with Crippen LogP contribution in [0.25, 0.3) is 0 Å². The van der Waals surface area contributed by atoms with Crippen LogP contribution >= 0.6 is 0 Å². The highest BCUT2D eigenvalue weighted by Gasteiger charge is 2.09. The van der Waals surface area contributed by atoms with Crippen molar-refractivity contribution in [3.63, 3.8) is 0 Å². The summed E-state index contributed by atoms with van der Waals surface area (Å²) in [5.74, 6) is 0. The van der Waals surface area contributed by atoms with Crippen LogP contribution in [-0.4, -0.2) is 32.1 Å². The Morgan fingerprint density at radius 3 is 1.70 bits per heavy atom. The van der Waals surface area contributed by atoms with E-state index in [0.29, 0.717) is 19.6 Å². The van der Waals surface area contributed by atoms with Crippen molar-refractivity contribution in [2.45, 2.75) is 112 Å². The van der Waals surface area contributed by atoms with Gasteiger partial charge in [-0.05, 0) is 98.5 Å². The number of carbonyl (C=O) groups is 2. The summed E-state index contributed by atoms with van der Waals surface area (Å²) in [6.07, 6.45) is 15.9. The largest absolute Gasteiger partial charge is 0.353 e. The highest BCUT2D eigenvalue weighted by molar-refractivity contribution is 5.65. The molecule has 0 aromatic carbocycles. The van der Waals surface area contributed by atoms with Crippen LogP contribution in [0.3, 0.4) is 0 Å². The summed E-state index contributed by atoms with van der Waals surface area (Å²) in [5.41, 5.74) is 5.83. The van der Waals surface area contributed by atoms with Crippen LogP contribution in [0.15, 0.2) is 72.9 Å². The van der Waals surface area contributed by atoms with Crippen LogP contribution in [-0.2, 0) is 19.1 Å². The molecule has 0 saturated carbocycles. The average Bonchev–Trinajstić information content (AvgIpc) is 2.80. The fraction of sp³-hybridized carbons (Fsp3) is 0.576. The lowest BCUT2D eigenvalue weighted by Gasteiger charge is -2.18. The lowest BCUT2D eigenvalue weighted by atomic mass is 10.0. The van der Waals surface area contributed by atoms with Crippen molar-refractivity contribution in [1.29, 1.82) is 0 Å². The van der Waals surface area contributed by atoms with E-state index in [1.165, 1.54) is 16.7 Å². The van der Waals surface area contributed by atoms with Gasteiger partial charge in [-0.25, -0.2) is 0 Å². The first kappa shape index (κ1) is 39.2. The lowest BCUT2D eigenvalue weighted by Crippen LogP contribution is -2.17. The highest BCUT2D eigenvalue weighted by atomic mass is 16.7. The summed E-state index contributed by atoms with van der Waals surface area (Å²) in [6.45, 7) is 30.5. The third kappa shape index (κ3) is 35.9. The second-order valence-electron chi connectivity index (χ2n) is 9.37. The van der Waals surface area contributed by atoms with Crippen LogP contribution in [0.5, 0.6) is 0 Å². The molecule has 4 heteroatoms. The number of unbranched alkanes of at least 4 members (excludes halogenated alkanes) is 1. The smallest absolute Gasteiger partial charge is 0.161 e. The predicted octanol–water partition coefficient (Wildman–Crippen LogP) is 9.44. The molecule has 0 bridgehead atoms. The molecule has 0 atom stereocenters. The van der Waals surface area contributed by atoms with E-state index in [-0.39, 0.29) is 6.29 Å². The second-order valence-corrected chi connectivity index (χ2v) is 9.37. The van der Waals surface area contributed by atoms with E-state index in [4.69, 9.17) is 9.47 Å². The molecule has 0 spiro atoms.